The molecular formula is C14H18F3NO3. The molecule has 7 heteroatoms. The van der Waals surface area contributed by atoms with Crippen LogP contribution in [0.2, 0.25) is 0 Å². The number of amides is 1. The van der Waals surface area contributed by atoms with Crippen molar-refractivity contribution in [3.05, 3.63) is 25.3 Å². The van der Waals surface area contributed by atoms with E-state index in [1.54, 1.807) is 0 Å². The summed E-state index contributed by atoms with van der Waals surface area (Å²) in [5, 5.41) is 8.92. The summed E-state index contributed by atoms with van der Waals surface area (Å²) in [6.07, 6.45) is -0.980. The average Bonchev–Trinajstić information content (AvgIpc) is 2.82. The summed E-state index contributed by atoms with van der Waals surface area (Å²) >= 11 is 0. The van der Waals surface area contributed by atoms with Gasteiger partial charge in [0, 0.05) is 19.0 Å². The fraction of sp³-hybridized carbons (Fsp3) is 0.571. The predicted molar refractivity (Wildman–Crippen MR) is 70.4 cm³/mol. The Morgan fingerprint density at radius 1 is 1.24 bits per heavy atom. The SMILES string of the molecule is C=CCC(CC=C)C(=O)N1C[C@@H](C(F)(F)F)[C@H](C(=O)O)C1. The second-order valence-electron chi connectivity index (χ2n) is 5.08. The minimum atomic E-state index is -4.63. The molecule has 1 rings (SSSR count). The summed E-state index contributed by atoms with van der Waals surface area (Å²) in [4.78, 5) is 24.2. The molecule has 1 fully saturated rings. The van der Waals surface area contributed by atoms with Crippen LogP contribution in [0, 0.1) is 17.8 Å². The number of halogens is 3. The number of hydrogen-bond donors (Lipinski definition) is 1. The van der Waals surface area contributed by atoms with E-state index in [0.29, 0.717) is 12.8 Å². The number of alkyl halides is 3. The Morgan fingerprint density at radius 2 is 1.76 bits per heavy atom. The molecule has 0 radical (unpaired) electrons. The third-order valence-electron chi connectivity index (χ3n) is 3.62. The fourth-order valence-corrected chi connectivity index (χ4v) is 2.52. The maximum absolute atomic E-state index is 12.9. The van der Waals surface area contributed by atoms with Gasteiger partial charge in [0.05, 0.1) is 11.8 Å². The van der Waals surface area contributed by atoms with Crippen LogP contribution in [-0.2, 0) is 9.59 Å². The van der Waals surface area contributed by atoms with Crippen molar-refractivity contribution in [1.29, 1.82) is 0 Å². The molecule has 0 saturated carbocycles. The standard InChI is InChI=1S/C14H18F3NO3/c1-3-5-9(6-4-2)12(19)18-7-10(13(20)21)11(8-18)14(15,16)17/h3-4,9-11H,1-2,5-8H2,(H,20,21)/t10-,11-/m1/s1. The van der Waals surface area contributed by atoms with Gasteiger partial charge >= 0.3 is 12.1 Å². The molecule has 1 aliphatic heterocycles. The second kappa shape index (κ2) is 6.78. The van der Waals surface area contributed by atoms with Crippen LogP contribution in [0.1, 0.15) is 12.8 Å². The minimum absolute atomic E-state index is 0.315. The number of rotatable bonds is 6. The van der Waals surface area contributed by atoms with Gasteiger partial charge in [0.15, 0.2) is 0 Å². The van der Waals surface area contributed by atoms with Crippen LogP contribution in [0.5, 0.6) is 0 Å². The maximum Gasteiger partial charge on any atom is 0.394 e. The van der Waals surface area contributed by atoms with E-state index in [0.717, 1.165) is 4.90 Å². The van der Waals surface area contributed by atoms with E-state index in [9.17, 15) is 22.8 Å². The molecular weight excluding hydrogens is 287 g/mol. The van der Waals surface area contributed by atoms with Crippen molar-refractivity contribution < 1.29 is 27.9 Å². The van der Waals surface area contributed by atoms with Gasteiger partial charge in [0.2, 0.25) is 5.91 Å². The lowest BCUT2D eigenvalue weighted by Gasteiger charge is -2.22. The quantitative estimate of drug-likeness (QED) is 0.767. The lowest BCUT2D eigenvalue weighted by molar-refractivity contribution is -0.188. The monoisotopic (exact) mass is 305 g/mol. The Hall–Kier alpha value is -1.79. The van der Waals surface area contributed by atoms with E-state index >= 15 is 0 Å². The van der Waals surface area contributed by atoms with Crippen LogP contribution in [0.3, 0.4) is 0 Å². The molecule has 118 valence electrons. The predicted octanol–water partition coefficient (Wildman–Crippen LogP) is 2.48. The highest BCUT2D eigenvalue weighted by molar-refractivity contribution is 5.81. The zero-order valence-corrected chi connectivity index (χ0v) is 11.5. The Balaban J connectivity index is 2.90. The fourth-order valence-electron chi connectivity index (χ4n) is 2.52. The van der Waals surface area contributed by atoms with E-state index in [1.165, 1.54) is 12.2 Å². The summed E-state index contributed by atoms with van der Waals surface area (Å²) in [6, 6.07) is 0. The van der Waals surface area contributed by atoms with Gasteiger partial charge in [-0.1, -0.05) is 12.2 Å². The van der Waals surface area contributed by atoms with Crippen molar-refractivity contribution in [3.63, 3.8) is 0 Å². The number of likely N-dealkylation sites (tertiary alicyclic amines) is 1. The van der Waals surface area contributed by atoms with Gasteiger partial charge in [0.1, 0.15) is 0 Å². The Kier molecular flexibility index (Phi) is 5.57. The van der Waals surface area contributed by atoms with Gasteiger partial charge in [-0.3, -0.25) is 9.59 Å². The highest BCUT2D eigenvalue weighted by Gasteiger charge is 2.53. The molecule has 0 bridgehead atoms. The summed E-state index contributed by atoms with van der Waals surface area (Å²) < 4.78 is 38.6. The van der Waals surface area contributed by atoms with Gasteiger partial charge in [0.25, 0.3) is 0 Å². The molecule has 0 aromatic carbocycles. The van der Waals surface area contributed by atoms with Crippen molar-refractivity contribution in [2.45, 2.75) is 19.0 Å². The number of allylic oxidation sites excluding steroid dienone is 2. The van der Waals surface area contributed by atoms with E-state index in [2.05, 4.69) is 13.2 Å². The summed E-state index contributed by atoms with van der Waals surface area (Å²) in [7, 11) is 0. The first-order chi connectivity index (χ1) is 9.72. The van der Waals surface area contributed by atoms with E-state index in [-0.39, 0.29) is 0 Å². The number of carboxylic acid groups (broad SMARTS) is 1. The Bertz CT molecular complexity index is 424. The van der Waals surface area contributed by atoms with Gasteiger partial charge in [-0.05, 0) is 12.8 Å². The number of carbonyl (C=O) groups is 2. The van der Waals surface area contributed by atoms with E-state index in [1.807, 2.05) is 0 Å². The molecule has 1 amide bonds. The smallest absolute Gasteiger partial charge is 0.394 e. The number of aliphatic carboxylic acids is 1. The first kappa shape index (κ1) is 17.3. The lowest BCUT2D eigenvalue weighted by atomic mass is 9.96. The molecule has 4 nitrogen and oxygen atoms in total. The van der Waals surface area contributed by atoms with Crippen molar-refractivity contribution in [2.24, 2.45) is 17.8 Å². The largest absolute Gasteiger partial charge is 0.481 e. The molecule has 1 N–H and O–H groups in total. The van der Waals surface area contributed by atoms with Crippen LogP contribution in [0.15, 0.2) is 25.3 Å². The van der Waals surface area contributed by atoms with Crippen molar-refractivity contribution in [2.75, 3.05) is 13.1 Å². The van der Waals surface area contributed by atoms with Crippen LogP contribution in [0.4, 0.5) is 13.2 Å². The molecule has 1 saturated heterocycles. The summed E-state index contributed by atoms with van der Waals surface area (Å²) in [5.74, 6) is -6.18. The minimum Gasteiger partial charge on any atom is -0.481 e. The second-order valence-corrected chi connectivity index (χ2v) is 5.08. The number of carbonyl (C=O) groups excluding carboxylic acids is 1. The summed E-state index contributed by atoms with van der Waals surface area (Å²) in [5.41, 5.74) is 0. The van der Waals surface area contributed by atoms with Crippen LogP contribution in [-0.4, -0.2) is 41.1 Å². The Morgan fingerprint density at radius 3 is 2.10 bits per heavy atom. The first-order valence-electron chi connectivity index (χ1n) is 6.52. The normalized spacial score (nSPS) is 22.4. The molecule has 0 aromatic heterocycles. The van der Waals surface area contributed by atoms with Gasteiger partial charge in [-0.2, -0.15) is 13.2 Å². The Labute approximate surface area is 120 Å². The van der Waals surface area contributed by atoms with Crippen LogP contribution in [0.25, 0.3) is 0 Å². The number of hydrogen-bond acceptors (Lipinski definition) is 2. The zero-order chi connectivity index (χ0) is 16.2. The highest BCUT2D eigenvalue weighted by atomic mass is 19.4. The van der Waals surface area contributed by atoms with Crippen LogP contribution < -0.4 is 0 Å². The lowest BCUT2D eigenvalue weighted by Crippen LogP contribution is -2.36. The molecule has 0 unspecified atom stereocenters. The van der Waals surface area contributed by atoms with Gasteiger partial charge in [-0.25, -0.2) is 0 Å². The molecule has 1 aliphatic rings. The van der Waals surface area contributed by atoms with Crippen molar-refractivity contribution >= 4 is 11.9 Å². The van der Waals surface area contributed by atoms with E-state index < -0.39 is 48.9 Å². The van der Waals surface area contributed by atoms with Gasteiger partial charge < -0.3 is 10.0 Å². The molecule has 1 heterocycles. The van der Waals surface area contributed by atoms with Gasteiger partial charge in [-0.15, -0.1) is 13.2 Å². The zero-order valence-electron chi connectivity index (χ0n) is 11.5. The molecule has 0 spiro atoms. The van der Waals surface area contributed by atoms with E-state index in [4.69, 9.17) is 5.11 Å². The summed E-state index contributed by atoms with van der Waals surface area (Å²) in [6.45, 7) is 6.00. The molecule has 0 aliphatic carbocycles. The number of nitrogens with zero attached hydrogens (tertiary/aromatic N) is 1. The van der Waals surface area contributed by atoms with Crippen LogP contribution >= 0.6 is 0 Å². The third kappa shape index (κ3) is 4.09. The van der Waals surface area contributed by atoms with Crippen molar-refractivity contribution in [1.82, 2.24) is 4.90 Å². The third-order valence-corrected chi connectivity index (χ3v) is 3.62. The molecule has 0 aromatic rings. The maximum atomic E-state index is 12.9. The number of carboxylic acids is 1. The average molecular weight is 305 g/mol. The van der Waals surface area contributed by atoms with Crippen molar-refractivity contribution in [3.8, 4) is 0 Å². The molecule has 2 atom stereocenters. The topological polar surface area (TPSA) is 57.6 Å². The molecule has 21 heavy (non-hydrogen) atoms. The first-order valence-corrected chi connectivity index (χ1v) is 6.52. The highest BCUT2D eigenvalue weighted by Crippen LogP contribution is 2.38.